The summed E-state index contributed by atoms with van der Waals surface area (Å²) in [5, 5.41) is 8.99. The van der Waals surface area contributed by atoms with Crippen LogP contribution in [-0.4, -0.2) is 12.6 Å². The number of carbonyl (C=O) groups excluding carboxylic acids is 1. The minimum absolute atomic E-state index is 0.170. The number of hydrogen-bond donors (Lipinski definition) is 1. The topological polar surface area (TPSA) is 76.1 Å². The summed E-state index contributed by atoms with van der Waals surface area (Å²) < 4.78 is 4.93. The third-order valence-corrected chi connectivity index (χ3v) is 2.79. The summed E-state index contributed by atoms with van der Waals surface area (Å²) in [7, 11) is 0. The van der Waals surface area contributed by atoms with Gasteiger partial charge in [-0.2, -0.15) is 5.26 Å². The molecule has 4 heteroatoms. The van der Waals surface area contributed by atoms with Gasteiger partial charge in [0.15, 0.2) is 0 Å². The Morgan fingerprint density at radius 1 is 1.39 bits per heavy atom. The molecule has 0 spiro atoms. The van der Waals surface area contributed by atoms with Gasteiger partial charge in [-0.3, -0.25) is 4.79 Å². The van der Waals surface area contributed by atoms with E-state index in [0.717, 1.165) is 23.1 Å². The Labute approximate surface area is 107 Å². The van der Waals surface area contributed by atoms with Gasteiger partial charge in [0.2, 0.25) is 0 Å². The second kappa shape index (κ2) is 6.77. The van der Waals surface area contributed by atoms with E-state index in [1.165, 1.54) is 0 Å². The fourth-order valence-corrected chi connectivity index (χ4v) is 1.96. The van der Waals surface area contributed by atoms with Gasteiger partial charge in [0.1, 0.15) is 0 Å². The molecule has 0 amide bonds. The molecule has 0 atom stereocenters. The van der Waals surface area contributed by atoms with E-state index in [-0.39, 0.29) is 12.4 Å². The van der Waals surface area contributed by atoms with Crippen molar-refractivity contribution in [3.63, 3.8) is 0 Å². The van der Waals surface area contributed by atoms with E-state index in [0.29, 0.717) is 18.7 Å². The van der Waals surface area contributed by atoms with Crippen molar-refractivity contribution in [1.82, 2.24) is 0 Å². The van der Waals surface area contributed by atoms with Crippen molar-refractivity contribution in [1.29, 1.82) is 5.26 Å². The smallest absolute Gasteiger partial charge is 0.310 e. The first-order valence-electron chi connectivity index (χ1n) is 6.06. The summed E-state index contributed by atoms with van der Waals surface area (Å²) in [5.74, 6) is -0.288. The van der Waals surface area contributed by atoms with E-state index in [2.05, 4.69) is 6.07 Å². The lowest BCUT2D eigenvalue weighted by Gasteiger charge is -2.13. The normalized spacial score (nSPS) is 9.89. The highest BCUT2D eigenvalue weighted by Gasteiger charge is 2.12. The zero-order valence-electron chi connectivity index (χ0n) is 10.8. The quantitative estimate of drug-likeness (QED) is 0.802. The number of nitrogens with two attached hydrogens (primary N) is 1. The average molecular weight is 246 g/mol. The summed E-state index contributed by atoms with van der Waals surface area (Å²) in [5.41, 5.74) is 9.06. The number of nitriles is 1. The molecule has 1 rings (SSSR count). The van der Waals surface area contributed by atoms with Crippen LogP contribution in [0.25, 0.3) is 0 Å². The number of esters is 1. The molecule has 0 bridgehead atoms. The Morgan fingerprint density at radius 3 is 2.56 bits per heavy atom. The Morgan fingerprint density at radius 2 is 2.06 bits per heavy atom. The predicted molar refractivity (Wildman–Crippen MR) is 68.8 cm³/mol. The van der Waals surface area contributed by atoms with Gasteiger partial charge in [-0.15, -0.1) is 0 Å². The van der Waals surface area contributed by atoms with Gasteiger partial charge in [-0.05, 0) is 42.2 Å². The van der Waals surface area contributed by atoms with Gasteiger partial charge < -0.3 is 10.5 Å². The second-order valence-corrected chi connectivity index (χ2v) is 3.92. The zero-order chi connectivity index (χ0) is 13.5. The molecule has 0 unspecified atom stereocenters. The number of nitrogens with zero attached hydrogens (tertiary/aromatic N) is 1. The van der Waals surface area contributed by atoms with Crippen LogP contribution >= 0.6 is 0 Å². The molecule has 2 N–H and O–H groups in total. The summed E-state index contributed by atoms with van der Waals surface area (Å²) in [6.07, 6.45) is 0.959. The molecule has 0 saturated heterocycles. The standard InChI is InChI=1S/C14H18N2O2/c1-3-11-5-10(8-15)6-12(13(11)9-16)7-14(17)18-4-2/h5-6H,3-4,7,9,16H2,1-2H3. The second-order valence-electron chi connectivity index (χ2n) is 3.92. The average Bonchev–Trinajstić information content (AvgIpc) is 2.37. The molecule has 1 aromatic carbocycles. The Bertz CT molecular complexity index is 475. The summed E-state index contributed by atoms with van der Waals surface area (Å²) >= 11 is 0. The number of aryl methyl sites for hydroxylation is 1. The van der Waals surface area contributed by atoms with Crippen molar-refractivity contribution in [3.8, 4) is 6.07 Å². The molecule has 0 heterocycles. The summed E-state index contributed by atoms with van der Waals surface area (Å²) in [6, 6.07) is 5.66. The van der Waals surface area contributed by atoms with Gasteiger partial charge >= 0.3 is 5.97 Å². The maximum Gasteiger partial charge on any atom is 0.310 e. The molecule has 0 aliphatic rings. The van der Waals surface area contributed by atoms with Crippen molar-refractivity contribution in [3.05, 3.63) is 34.4 Å². The number of rotatable bonds is 5. The fourth-order valence-electron chi connectivity index (χ4n) is 1.96. The van der Waals surface area contributed by atoms with Gasteiger partial charge in [0.25, 0.3) is 0 Å². The third-order valence-electron chi connectivity index (χ3n) is 2.79. The molecule has 0 aliphatic carbocycles. The molecule has 0 saturated carbocycles. The highest BCUT2D eigenvalue weighted by Crippen LogP contribution is 2.19. The Hall–Kier alpha value is -1.86. The third kappa shape index (κ3) is 3.31. The number of carbonyl (C=O) groups is 1. The highest BCUT2D eigenvalue weighted by atomic mass is 16.5. The Balaban J connectivity index is 3.15. The SMILES string of the molecule is CCOC(=O)Cc1cc(C#N)cc(CC)c1CN. The lowest BCUT2D eigenvalue weighted by molar-refractivity contribution is -0.142. The van der Waals surface area contributed by atoms with Crippen molar-refractivity contribution in [2.75, 3.05) is 6.61 Å². The molecule has 1 aromatic rings. The molecule has 0 aliphatic heterocycles. The van der Waals surface area contributed by atoms with Crippen molar-refractivity contribution >= 4 is 5.97 Å². The van der Waals surface area contributed by atoms with Crippen LogP contribution < -0.4 is 5.73 Å². The largest absolute Gasteiger partial charge is 0.466 e. The van der Waals surface area contributed by atoms with E-state index in [1.807, 2.05) is 13.0 Å². The molecule has 0 radical (unpaired) electrons. The summed E-state index contributed by atoms with van der Waals surface area (Å²) in [4.78, 5) is 11.5. The van der Waals surface area contributed by atoms with Crippen LogP contribution in [0.4, 0.5) is 0 Å². The van der Waals surface area contributed by atoms with Crippen molar-refractivity contribution in [2.24, 2.45) is 5.73 Å². The first-order chi connectivity index (χ1) is 8.65. The van der Waals surface area contributed by atoms with E-state index in [9.17, 15) is 4.79 Å². The van der Waals surface area contributed by atoms with Gasteiger partial charge in [-0.25, -0.2) is 0 Å². The first-order valence-corrected chi connectivity index (χ1v) is 6.06. The van der Waals surface area contributed by atoms with Crippen molar-refractivity contribution in [2.45, 2.75) is 33.2 Å². The van der Waals surface area contributed by atoms with Crippen LogP contribution in [0.3, 0.4) is 0 Å². The van der Waals surface area contributed by atoms with Crippen LogP contribution in [0.2, 0.25) is 0 Å². The zero-order valence-corrected chi connectivity index (χ0v) is 10.8. The molecular weight excluding hydrogens is 228 g/mol. The van der Waals surface area contributed by atoms with Gasteiger partial charge in [0, 0.05) is 6.54 Å². The predicted octanol–water partition coefficient (Wildman–Crippen LogP) is 1.68. The number of hydrogen-bond acceptors (Lipinski definition) is 4. The van der Waals surface area contributed by atoms with Crippen LogP contribution in [-0.2, 0) is 28.9 Å². The summed E-state index contributed by atoms with van der Waals surface area (Å²) in [6.45, 7) is 4.49. The van der Waals surface area contributed by atoms with Crippen LogP contribution in [0.5, 0.6) is 0 Å². The van der Waals surface area contributed by atoms with E-state index in [4.69, 9.17) is 15.7 Å². The maximum absolute atomic E-state index is 11.5. The molecule has 0 aromatic heterocycles. The number of benzene rings is 1. The van der Waals surface area contributed by atoms with Crippen molar-refractivity contribution < 1.29 is 9.53 Å². The van der Waals surface area contributed by atoms with E-state index < -0.39 is 0 Å². The van der Waals surface area contributed by atoms with Gasteiger partial charge in [0.05, 0.1) is 24.7 Å². The highest BCUT2D eigenvalue weighted by molar-refractivity contribution is 5.73. The molecule has 0 fully saturated rings. The van der Waals surface area contributed by atoms with E-state index >= 15 is 0 Å². The Kier molecular flexibility index (Phi) is 5.34. The minimum Gasteiger partial charge on any atom is -0.466 e. The minimum atomic E-state index is -0.288. The van der Waals surface area contributed by atoms with Crippen LogP contribution in [0.15, 0.2) is 12.1 Å². The van der Waals surface area contributed by atoms with Gasteiger partial charge in [-0.1, -0.05) is 6.92 Å². The van der Waals surface area contributed by atoms with Crippen LogP contribution in [0, 0.1) is 11.3 Å². The monoisotopic (exact) mass is 246 g/mol. The lowest BCUT2D eigenvalue weighted by atomic mass is 9.94. The number of ether oxygens (including phenoxy) is 1. The molecule has 18 heavy (non-hydrogen) atoms. The molecule has 4 nitrogen and oxygen atoms in total. The van der Waals surface area contributed by atoms with E-state index in [1.54, 1.807) is 13.0 Å². The fraction of sp³-hybridized carbons (Fsp3) is 0.429. The molecular formula is C14H18N2O2. The maximum atomic E-state index is 11.5. The first kappa shape index (κ1) is 14.2. The molecule has 96 valence electrons. The van der Waals surface area contributed by atoms with Crippen LogP contribution in [0.1, 0.15) is 36.1 Å². The lowest BCUT2D eigenvalue weighted by Crippen LogP contribution is -2.13.